The second-order valence-corrected chi connectivity index (χ2v) is 8.05. The summed E-state index contributed by atoms with van der Waals surface area (Å²) in [5, 5.41) is 4.06. The Morgan fingerprint density at radius 3 is 2.64 bits per heavy atom. The lowest BCUT2D eigenvalue weighted by Crippen LogP contribution is -2.43. The van der Waals surface area contributed by atoms with E-state index in [1.54, 1.807) is 29.2 Å². The average Bonchev–Trinajstić information content (AvgIpc) is 3.25. The minimum Gasteiger partial charge on any atom is -0.320 e. The average molecular weight is 461 g/mol. The summed E-state index contributed by atoms with van der Waals surface area (Å²) < 4.78 is 68.4. The molecule has 0 unspecified atom stereocenters. The van der Waals surface area contributed by atoms with Gasteiger partial charge in [-0.05, 0) is 44.2 Å². The largest absolute Gasteiger partial charge is 0.320 e. The van der Waals surface area contributed by atoms with E-state index in [0.29, 0.717) is 11.3 Å². The third kappa shape index (κ3) is 4.49. The third-order valence-electron chi connectivity index (χ3n) is 5.17. The van der Waals surface area contributed by atoms with Crippen LogP contribution in [0.5, 0.6) is 0 Å². The maximum absolute atomic E-state index is 14.9. The van der Waals surface area contributed by atoms with Crippen LogP contribution in [-0.4, -0.2) is 37.9 Å². The number of nitrogens with zero attached hydrogens (tertiary/aromatic N) is 4. The maximum atomic E-state index is 14.9. The molecule has 33 heavy (non-hydrogen) atoms. The van der Waals surface area contributed by atoms with Crippen molar-refractivity contribution < 1.29 is 22.0 Å². The van der Waals surface area contributed by atoms with Crippen molar-refractivity contribution in [2.45, 2.75) is 26.7 Å². The van der Waals surface area contributed by atoms with Gasteiger partial charge in [0.05, 0.1) is 23.2 Å². The van der Waals surface area contributed by atoms with E-state index in [1.807, 2.05) is 0 Å². The summed E-state index contributed by atoms with van der Waals surface area (Å²) in [7, 11) is 0. The van der Waals surface area contributed by atoms with Gasteiger partial charge in [0.25, 0.3) is 18.8 Å². The second-order valence-electron chi connectivity index (χ2n) is 8.05. The smallest absolute Gasteiger partial charge is 0.256 e. The van der Waals surface area contributed by atoms with Gasteiger partial charge in [0.2, 0.25) is 0 Å². The van der Waals surface area contributed by atoms with Crippen molar-refractivity contribution in [1.82, 2.24) is 5.43 Å². The first-order valence-corrected chi connectivity index (χ1v) is 10.1. The molecular weight excluding hydrogens is 441 g/mol. The molecule has 4 rings (SSSR count). The highest BCUT2D eigenvalue weighted by molar-refractivity contribution is 6.23. The lowest BCUT2D eigenvalue weighted by molar-refractivity contribution is 0.0570. The van der Waals surface area contributed by atoms with Crippen LogP contribution in [0.4, 0.5) is 33.3 Å². The second kappa shape index (κ2) is 8.73. The molecule has 2 aromatic carbocycles. The molecule has 10 heteroatoms. The van der Waals surface area contributed by atoms with Crippen LogP contribution >= 0.6 is 0 Å². The molecule has 2 aromatic rings. The van der Waals surface area contributed by atoms with Gasteiger partial charge in [-0.2, -0.15) is 4.99 Å². The topological polar surface area (TPSA) is 43.2 Å². The van der Waals surface area contributed by atoms with E-state index < -0.39 is 30.6 Å². The van der Waals surface area contributed by atoms with Gasteiger partial charge in [0.1, 0.15) is 18.3 Å². The van der Waals surface area contributed by atoms with Gasteiger partial charge in [-0.1, -0.05) is 24.0 Å². The number of guanidine groups is 1. The quantitative estimate of drug-likeness (QED) is 0.533. The maximum Gasteiger partial charge on any atom is 0.256 e. The highest BCUT2D eigenvalue weighted by Gasteiger charge is 2.34. The Morgan fingerprint density at radius 1 is 1.15 bits per heavy atom. The first-order valence-electron chi connectivity index (χ1n) is 10.1. The van der Waals surface area contributed by atoms with Gasteiger partial charge in [-0.15, -0.1) is 5.10 Å². The van der Waals surface area contributed by atoms with Crippen molar-refractivity contribution >= 4 is 23.2 Å². The molecule has 0 amide bonds. The van der Waals surface area contributed by atoms with Gasteiger partial charge in [0.15, 0.2) is 0 Å². The SMILES string of the molecule is CC(C)(C#Cc1cccc(N(CC(F)F)C2=NC3=NNCN3c3cccc(F)c32)c1)C(F)F. The zero-order chi connectivity index (χ0) is 23.8. The van der Waals surface area contributed by atoms with Crippen LogP contribution in [0.1, 0.15) is 25.0 Å². The number of rotatable bonds is 4. The Labute approximate surface area is 187 Å². The van der Waals surface area contributed by atoms with Gasteiger partial charge in [-0.3, -0.25) is 10.3 Å². The van der Waals surface area contributed by atoms with Crippen LogP contribution in [-0.2, 0) is 0 Å². The summed E-state index contributed by atoms with van der Waals surface area (Å²) >= 11 is 0. The summed E-state index contributed by atoms with van der Waals surface area (Å²) in [6, 6.07) is 10.6. The lowest BCUT2D eigenvalue weighted by Gasteiger charge is -2.32. The Morgan fingerprint density at radius 2 is 1.91 bits per heavy atom. The number of hydrogen-bond acceptors (Lipinski definition) is 5. The van der Waals surface area contributed by atoms with Crippen molar-refractivity contribution in [3.8, 4) is 11.8 Å². The fourth-order valence-electron chi connectivity index (χ4n) is 3.38. The van der Waals surface area contributed by atoms with Crippen LogP contribution in [0, 0.1) is 23.1 Å². The molecule has 2 aliphatic heterocycles. The zero-order valence-corrected chi connectivity index (χ0v) is 17.8. The summed E-state index contributed by atoms with van der Waals surface area (Å²) in [6.45, 7) is 2.13. The number of alkyl halides is 4. The van der Waals surface area contributed by atoms with E-state index >= 15 is 0 Å². The van der Waals surface area contributed by atoms with E-state index in [9.17, 15) is 22.0 Å². The number of aliphatic imine (C=N–C) groups is 1. The Balaban J connectivity index is 1.81. The minimum atomic E-state index is -2.77. The molecule has 0 saturated heterocycles. The van der Waals surface area contributed by atoms with Crippen LogP contribution in [0.3, 0.4) is 0 Å². The zero-order valence-electron chi connectivity index (χ0n) is 17.8. The molecule has 2 heterocycles. The molecular formula is C23H20F5N5. The molecule has 0 saturated carbocycles. The number of amidine groups is 1. The van der Waals surface area contributed by atoms with E-state index in [4.69, 9.17) is 0 Å². The minimum absolute atomic E-state index is 0.0277. The Bertz CT molecular complexity index is 1180. The summed E-state index contributed by atoms with van der Waals surface area (Å²) in [4.78, 5) is 7.19. The predicted octanol–water partition coefficient (Wildman–Crippen LogP) is 4.64. The number of halogens is 5. The molecule has 0 spiro atoms. The standard InChI is InChI=1S/C23H20F5N5/c1-23(2,21(27)28)10-9-14-5-3-6-15(11-14)32(12-18(25)26)20-19-16(24)7-4-8-17(19)33-13-29-31-22(33)30-20/h3-8,11,18,21,29H,12-13H2,1-2H3. The number of anilines is 2. The first kappa shape index (κ1) is 22.6. The van der Waals surface area contributed by atoms with Crippen LogP contribution in [0.25, 0.3) is 0 Å². The number of hydrazone groups is 1. The van der Waals surface area contributed by atoms with Crippen molar-refractivity contribution in [2.24, 2.45) is 15.5 Å². The van der Waals surface area contributed by atoms with Gasteiger partial charge in [-0.25, -0.2) is 22.0 Å². The highest BCUT2D eigenvalue weighted by Crippen LogP contribution is 2.33. The number of fused-ring (bicyclic) bond motifs is 3. The molecule has 0 atom stereocenters. The molecule has 5 nitrogen and oxygen atoms in total. The molecule has 0 aliphatic carbocycles. The summed E-state index contributed by atoms with van der Waals surface area (Å²) in [6.07, 6.45) is -5.42. The molecule has 0 aromatic heterocycles. The van der Waals surface area contributed by atoms with Crippen molar-refractivity contribution in [3.05, 3.63) is 59.4 Å². The van der Waals surface area contributed by atoms with Crippen molar-refractivity contribution in [2.75, 3.05) is 23.0 Å². The first-order chi connectivity index (χ1) is 15.7. The molecule has 0 bridgehead atoms. The molecule has 172 valence electrons. The Kier molecular flexibility index (Phi) is 5.97. The number of benzene rings is 2. The molecule has 2 aliphatic rings. The van der Waals surface area contributed by atoms with E-state index in [0.717, 1.165) is 0 Å². The van der Waals surface area contributed by atoms with E-state index in [2.05, 4.69) is 27.4 Å². The van der Waals surface area contributed by atoms with Crippen LogP contribution in [0.15, 0.2) is 52.6 Å². The summed E-state index contributed by atoms with van der Waals surface area (Å²) in [5.41, 5.74) is 2.35. The molecule has 0 fully saturated rings. The van der Waals surface area contributed by atoms with Crippen molar-refractivity contribution in [1.29, 1.82) is 0 Å². The van der Waals surface area contributed by atoms with Gasteiger partial charge in [0, 0.05) is 11.3 Å². The normalized spacial score (nSPS) is 14.8. The van der Waals surface area contributed by atoms with Crippen LogP contribution < -0.4 is 15.2 Å². The summed E-state index contributed by atoms with van der Waals surface area (Å²) in [5.74, 6) is 4.78. The number of nitrogens with one attached hydrogen (secondary N) is 1. The fourth-order valence-corrected chi connectivity index (χ4v) is 3.38. The third-order valence-corrected chi connectivity index (χ3v) is 5.17. The van der Waals surface area contributed by atoms with Gasteiger partial charge >= 0.3 is 0 Å². The van der Waals surface area contributed by atoms with Crippen LogP contribution in [0.2, 0.25) is 0 Å². The lowest BCUT2D eigenvalue weighted by atomic mass is 9.95. The van der Waals surface area contributed by atoms with E-state index in [1.165, 1.54) is 36.9 Å². The predicted molar refractivity (Wildman–Crippen MR) is 117 cm³/mol. The molecule has 1 N–H and O–H groups in total. The Hall–Kier alpha value is -3.61. The molecule has 0 radical (unpaired) electrons. The van der Waals surface area contributed by atoms with Gasteiger partial charge < -0.3 is 4.90 Å². The fraction of sp³-hybridized carbons (Fsp3) is 0.304. The van der Waals surface area contributed by atoms with Crippen molar-refractivity contribution in [3.63, 3.8) is 0 Å². The highest BCUT2D eigenvalue weighted by atomic mass is 19.3. The monoisotopic (exact) mass is 461 g/mol. The van der Waals surface area contributed by atoms with E-state index in [-0.39, 0.29) is 29.7 Å². The number of hydrogen-bond donors (Lipinski definition) is 1.